The van der Waals surface area contributed by atoms with E-state index in [1.165, 1.54) is 12.4 Å². The Morgan fingerprint density at radius 1 is 0.457 bits per heavy atom. The summed E-state index contributed by atoms with van der Waals surface area (Å²) in [7, 11) is 0. The molecule has 9 heterocycles. The van der Waals surface area contributed by atoms with Gasteiger partial charge in [0.1, 0.15) is 57.6 Å². The van der Waals surface area contributed by atoms with Gasteiger partial charge in [0.05, 0.1) is 31.4 Å². The first kappa shape index (κ1) is 70.9. The fraction of sp³-hybridized carbons (Fsp3) is 0.100. The van der Waals surface area contributed by atoms with Crippen molar-refractivity contribution in [2.75, 3.05) is 26.2 Å². The number of carbonyl (C=O) groups is 2. The van der Waals surface area contributed by atoms with E-state index in [0.29, 0.717) is 76.1 Å². The molecule has 22 N–H and O–H groups in total. The molecule has 3 aromatic carbocycles. The number of aliphatic imine (C=N–C) groups is 3. The van der Waals surface area contributed by atoms with E-state index in [1.807, 2.05) is 109 Å². The predicted molar refractivity (Wildman–Crippen MR) is 370 cm³/mol. The fourth-order valence-electron chi connectivity index (χ4n) is 7.90. The number of nitrogens with zero attached hydrogens (tertiary/aromatic N) is 10. The SMILES string of the molecule is Br.C1=NC(N/N=C/c2ccc(-c3ccc(-c4ccc(/C=N/NC5N=CCN5)o4)cc3)o2)NC1.Cl.NC(N)=N/N=C/c1ccc(-c2ccc(-c3ccc(/C=N/N=C(N)N)o3)cc2)o1.NN=C(N)N.NNC1=NCCN1.O=Cc1ccc(-c2ccc(-c3ccc(C=O)o3)cc2)o1. The number of aldehydes is 2. The largest absolute Gasteiger partial charge is 0.455 e. The highest BCUT2D eigenvalue weighted by atomic mass is 79.9. The average Bonchev–Trinajstić information content (AvgIpc) is 1.80. The van der Waals surface area contributed by atoms with Crippen molar-refractivity contribution in [2.45, 2.75) is 12.6 Å². The normalized spacial score (nSPS) is 14.1. The van der Waals surface area contributed by atoms with Gasteiger partial charge in [0.15, 0.2) is 36.7 Å². The zero-order valence-electron chi connectivity index (χ0n) is 49.6. The van der Waals surface area contributed by atoms with Gasteiger partial charge in [0.25, 0.3) is 0 Å². The molecule has 0 bridgehead atoms. The van der Waals surface area contributed by atoms with Gasteiger partial charge in [-0.15, -0.1) is 44.7 Å². The lowest BCUT2D eigenvalue weighted by atomic mass is 10.1. The van der Waals surface area contributed by atoms with E-state index in [1.54, 1.807) is 61.3 Å². The molecule has 0 spiro atoms. The number of carbonyl (C=O) groups excluding carboxylic acids is 2. The molecule has 0 fully saturated rings. The fourth-order valence-corrected chi connectivity index (χ4v) is 7.90. The monoisotopic (exact) mass is 1360 g/mol. The molecule has 2 atom stereocenters. The molecule has 2 unspecified atom stereocenters. The van der Waals surface area contributed by atoms with E-state index in [9.17, 15) is 9.59 Å². The summed E-state index contributed by atoms with van der Waals surface area (Å²) in [6.45, 7) is 3.22. The zero-order valence-corrected chi connectivity index (χ0v) is 52.2. The van der Waals surface area contributed by atoms with Crippen molar-refractivity contribution in [2.24, 2.45) is 96.8 Å². The van der Waals surface area contributed by atoms with Crippen LogP contribution in [0.25, 0.3) is 67.9 Å². The Morgan fingerprint density at radius 3 is 0.979 bits per heavy atom. The summed E-state index contributed by atoms with van der Waals surface area (Å²) in [6.07, 6.45) is 10.7. The molecule has 0 aliphatic carbocycles. The van der Waals surface area contributed by atoms with Crippen molar-refractivity contribution < 1.29 is 36.1 Å². The van der Waals surface area contributed by atoms with E-state index in [0.717, 1.165) is 71.1 Å². The van der Waals surface area contributed by atoms with Gasteiger partial charge in [-0.2, -0.15) is 20.4 Å². The van der Waals surface area contributed by atoms with Crippen LogP contribution in [0.5, 0.6) is 0 Å². The highest BCUT2D eigenvalue weighted by Gasteiger charge is 2.13. The molecular weight excluding hydrogens is 1300 g/mol. The second-order valence-electron chi connectivity index (χ2n) is 18.6. The Labute approximate surface area is 552 Å². The number of benzene rings is 3. The summed E-state index contributed by atoms with van der Waals surface area (Å²) in [4.78, 5) is 33.4. The number of nitrogens with one attached hydrogen (secondary N) is 6. The number of hydrazine groups is 1. The predicted octanol–water partition coefficient (Wildman–Crippen LogP) is 4.76. The topological polar surface area (TPSA) is 517 Å². The highest BCUT2D eigenvalue weighted by Crippen LogP contribution is 2.30. The first-order valence-electron chi connectivity index (χ1n) is 27.5. The van der Waals surface area contributed by atoms with Gasteiger partial charge in [-0.25, -0.2) is 5.84 Å². The Balaban J connectivity index is 0.000000206. The molecule has 94 heavy (non-hydrogen) atoms. The minimum atomic E-state index is -0.184. The second-order valence-corrected chi connectivity index (χ2v) is 18.6. The van der Waals surface area contributed by atoms with Crippen LogP contribution in [0.2, 0.25) is 0 Å². The van der Waals surface area contributed by atoms with Crippen molar-refractivity contribution in [3.8, 4) is 67.9 Å². The number of nitrogens with two attached hydrogens (primary N) is 8. The van der Waals surface area contributed by atoms with Gasteiger partial charge in [0.2, 0.25) is 23.8 Å². The molecule has 32 nitrogen and oxygen atoms in total. The Morgan fingerprint density at radius 2 is 0.755 bits per heavy atom. The van der Waals surface area contributed by atoms with Crippen LogP contribution in [0.15, 0.2) is 223 Å². The van der Waals surface area contributed by atoms with Crippen LogP contribution in [0.4, 0.5) is 0 Å². The van der Waals surface area contributed by atoms with Gasteiger partial charge >= 0.3 is 0 Å². The number of halogens is 2. The third kappa shape index (κ3) is 22.4. The summed E-state index contributed by atoms with van der Waals surface area (Å²) in [5.41, 5.74) is 43.9. The first-order valence-corrected chi connectivity index (χ1v) is 27.5. The first-order chi connectivity index (χ1) is 44.8. The Bertz CT molecular complexity index is 3890. The van der Waals surface area contributed by atoms with Crippen LogP contribution in [-0.2, 0) is 0 Å². The van der Waals surface area contributed by atoms with E-state index >= 15 is 0 Å². The maximum Gasteiger partial charge on any atom is 0.211 e. The number of hydrogen-bond donors (Lipinski definition) is 14. The van der Waals surface area contributed by atoms with Crippen molar-refractivity contribution >= 4 is 103 Å². The number of guanidine groups is 4. The summed E-state index contributed by atoms with van der Waals surface area (Å²) < 4.78 is 33.8. The standard InChI is InChI=1S/C22H22N8O2.C18H18N8O2.C16H10O4.C3H8N4.CH6N4.BrH.ClH/c1-2-16(20-8-6-18(32-20)14-28-30-22-25-11-12-26-22)4-3-15(1)19-7-5-17(31-19)13-27-29-21-23-9-10-24-21;19-17(20)25-23-9-13-5-7-15(27-13)11-1-2-12(4-3-11)16-8-6-14(28-16)10-24-26-18(21)22;17-9-13-5-7-15(19-13)11-1-2-12(4-3-11)16-8-6-14(10-18)20-16;4-7-3-5-1-2-6-3;2-1(3)5-4;;/h1-9,11,13-14,21-22,24,26,29-30H,10,12H2;1-10H,(H4,19,20,25)(H4,21,22,26);1-10H;1-2,4H2,(H2,5,6,7);4H2,(H4,2,3,5);2*1H/b27-13+,28-14+;23-9+,24-10+;;;;;. The molecule has 6 aromatic heterocycles. The van der Waals surface area contributed by atoms with E-state index in [-0.39, 0.29) is 59.8 Å². The molecule has 0 radical (unpaired) electrons. The maximum atomic E-state index is 10.6. The van der Waals surface area contributed by atoms with Crippen LogP contribution in [0, 0.1) is 0 Å². The summed E-state index contributed by atoms with van der Waals surface area (Å²) >= 11 is 0. The number of hydrogen-bond acceptors (Lipinski definition) is 26. The second kappa shape index (κ2) is 37.1. The van der Waals surface area contributed by atoms with Crippen LogP contribution in [0.1, 0.15) is 44.2 Å². The molecule has 0 amide bonds. The number of rotatable bonds is 18. The third-order valence-corrected chi connectivity index (χ3v) is 12.1. The lowest BCUT2D eigenvalue weighted by molar-refractivity contribution is 0.109. The summed E-state index contributed by atoms with van der Waals surface area (Å²) in [6, 6.07) is 44.6. The molecule has 488 valence electrons. The highest BCUT2D eigenvalue weighted by molar-refractivity contribution is 8.93. The number of hydrazone groups is 3. The van der Waals surface area contributed by atoms with E-state index < -0.39 is 0 Å². The zero-order chi connectivity index (χ0) is 64.9. The van der Waals surface area contributed by atoms with Gasteiger partial charge in [0, 0.05) is 65.4 Å². The van der Waals surface area contributed by atoms with Crippen molar-refractivity contribution in [1.29, 1.82) is 0 Å². The average molecular weight is 1370 g/mol. The summed E-state index contributed by atoms with van der Waals surface area (Å²) in [5, 5.41) is 34.8. The van der Waals surface area contributed by atoms with Crippen LogP contribution in [0.3, 0.4) is 0 Å². The lowest BCUT2D eigenvalue weighted by Crippen LogP contribution is -2.38. The minimum absolute atomic E-state index is 0. The van der Waals surface area contributed by atoms with Gasteiger partial charge in [-0.1, -0.05) is 72.8 Å². The molecule has 34 heteroatoms. The Kier molecular flexibility index (Phi) is 28.0. The van der Waals surface area contributed by atoms with Gasteiger partial charge < -0.3 is 72.1 Å². The molecule has 0 saturated heterocycles. The van der Waals surface area contributed by atoms with Gasteiger partial charge in [-0.05, 0) is 72.8 Å². The Hall–Kier alpha value is -12.2. The van der Waals surface area contributed by atoms with Gasteiger partial charge in [-0.3, -0.25) is 51.5 Å². The third-order valence-electron chi connectivity index (χ3n) is 12.1. The lowest BCUT2D eigenvalue weighted by Gasteiger charge is -2.05. The molecule has 3 aliphatic heterocycles. The quantitative estimate of drug-likeness (QED) is 0.0181. The summed E-state index contributed by atoms with van der Waals surface area (Å²) in [5.74, 6) is 17.0. The van der Waals surface area contributed by atoms with Crippen molar-refractivity contribution in [3.63, 3.8) is 0 Å². The van der Waals surface area contributed by atoms with E-state index in [2.05, 4.69) is 88.8 Å². The van der Waals surface area contributed by atoms with Crippen molar-refractivity contribution in [3.05, 3.63) is 180 Å². The molecule has 0 saturated carbocycles. The smallest absolute Gasteiger partial charge is 0.211 e. The van der Waals surface area contributed by atoms with Crippen molar-refractivity contribution in [1.82, 2.24) is 32.2 Å². The molecule has 3 aliphatic rings. The van der Waals surface area contributed by atoms with Crippen LogP contribution >= 0.6 is 29.4 Å². The number of furan rings is 6. The van der Waals surface area contributed by atoms with E-state index in [4.69, 9.17) is 66.7 Å². The molecular formula is C60H66BrClN24O8. The molecule has 9 aromatic rings. The maximum absolute atomic E-state index is 10.6. The molecule has 12 rings (SSSR count). The van der Waals surface area contributed by atoms with Crippen LogP contribution in [-0.4, -0.2) is 112 Å². The minimum Gasteiger partial charge on any atom is -0.455 e. The van der Waals surface area contributed by atoms with Crippen LogP contribution < -0.4 is 78.3 Å².